The van der Waals surface area contributed by atoms with Crippen LogP contribution in [0.5, 0.6) is 0 Å². The Morgan fingerprint density at radius 3 is 2.65 bits per heavy atom. The first-order chi connectivity index (χ1) is 11.1. The highest BCUT2D eigenvalue weighted by atomic mass is 32.1. The second kappa shape index (κ2) is 6.34. The third-order valence-corrected chi connectivity index (χ3v) is 4.62. The Kier molecular flexibility index (Phi) is 4.25. The minimum Gasteiger partial charge on any atom is -0.460 e. The fraction of sp³-hybridized carbons (Fsp3) is 0.235. The molecule has 3 aromatic rings. The van der Waals surface area contributed by atoms with Gasteiger partial charge in [0.05, 0.1) is 12.0 Å². The Labute approximate surface area is 138 Å². The van der Waals surface area contributed by atoms with Crippen molar-refractivity contribution >= 4 is 39.0 Å². The Bertz CT molecular complexity index is 859. The van der Waals surface area contributed by atoms with Gasteiger partial charge in [0, 0.05) is 10.6 Å². The molecule has 0 aliphatic rings. The van der Waals surface area contributed by atoms with Gasteiger partial charge in [-0.1, -0.05) is 18.2 Å². The number of hydrogen-bond donors (Lipinski definition) is 1. The summed E-state index contributed by atoms with van der Waals surface area (Å²) in [7, 11) is 0. The van der Waals surface area contributed by atoms with E-state index in [9.17, 15) is 4.79 Å². The summed E-state index contributed by atoms with van der Waals surface area (Å²) >= 11 is 1.55. The quantitative estimate of drug-likeness (QED) is 0.727. The smallest absolute Gasteiger partial charge is 0.376 e. The van der Waals surface area contributed by atoms with Crippen molar-refractivity contribution in [3.05, 3.63) is 46.6 Å². The van der Waals surface area contributed by atoms with Crippen molar-refractivity contribution < 1.29 is 9.53 Å². The van der Waals surface area contributed by atoms with Crippen LogP contribution in [0.4, 0.5) is 11.5 Å². The molecular weight excluding hydrogens is 310 g/mol. The summed E-state index contributed by atoms with van der Waals surface area (Å²) in [6.45, 7) is 6.14. The standard InChI is InChI=1S/C17H17N3O2S/c1-4-22-17(21)15-19-14(18-12-8-6-5-7-9-12)13-10(2)11(3)23-16(13)20-15/h5-9H,4H2,1-3H3,(H,18,19,20). The van der Waals surface area contributed by atoms with E-state index in [1.54, 1.807) is 18.3 Å². The number of ether oxygens (including phenoxy) is 1. The van der Waals surface area contributed by atoms with E-state index < -0.39 is 5.97 Å². The molecule has 3 rings (SSSR count). The molecule has 23 heavy (non-hydrogen) atoms. The monoisotopic (exact) mass is 327 g/mol. The number of aromatic nitrogens is 2. The highest BCUT2D eigenvalue weighted by Crippen LogP contribution is 2.34. The van der Waals surface area contributed by atoms with Gasteiger partial charge in [0.1, 0.15) is 10.6 Å². The summed E-state index contributed by atoms with van der Waals surface area (Å²) in [5.74, 6) is 0.208. The van der Waals surface area contributed by atoms with E-state index in [1.165, 1.54) is 0 Å². The zero-order valence-electron chi connectivity index (χ0n) is 13.2. The van der Waals surface area contributed by atoms with Gasteiger partial charge in [-0.2, -0.15) is 0 Å². The van der Waals surface area contributed by atoms with E-state index in [4.69, 9.17) is 4.74 Å². The molecule has 0 atom stereocenters. The van der Waals surface area contributed by atoms with Crippen LogP contribution >= 0.6 is 11.3 Å². The van der Waals surface area contributed by atoms with Crippen molar-refractivity contribution in [1.29, 1.82) is 0 Å². The van der Waals surface area contributed by atoms with Gasteiger partial charge in [0.2, 0.25) is 5.82 Å². The van der Waals surface area contributed by atoms with Crippen LogP contribution in [-0.2, 0) is 4.74 Å². The SMILES string of the molecule is CCOC(=O)c1nc(Nc2ccccc2)c2c(C)c(C)sc2n1. The lowest BCUT2D eigenvalue weighted by molar-refractivity contribution is 0.0512. The summed E-state index contributed by atoms with van der Waals surface area (Å²) in [5.41, 5.74) is 2.03. The molecule has 0 saturated carbocycles. The van der Waals surface area contributed by atoms with Crippen molar-refractivity contribution in [1.82, 2.24) is 9.97 Å². The summed E-state index contributed by atoms with van der Waals surface area (Å²) in [6, 6.07) is 9.74. The van der Waals surface area contributed by atoms with Crippen molar-refractivity contribution in [3.8, 4) is 0 Å². The van der Waals surface area contributed by atoms with Crippen LogP contribution in [0.3, 0.4) is 0 Å². The number of thiophene rings is 1. The molecule has 0 saturated heterocycles. The fourth-order valence-electron chi connectivity index (χ4n) is 2.29. The molecule has 0 amide bonds. The minimum atomic E-state index is -0.505. The maximum Gasteiger partial charge on any atom is 0.376 e. The van der Waals surface area contributed by atoms with E-state index >= 15 is 0 Å². The number of rotatable bonds is 4. The van der Waals surface area contributed by atoms with Crippen molar-refractivity contribution in [2.24, 2.45) is 0 Å². The minimum absolute atomic E-state index is 0.0824. The zero-order valence-corrected chi connectivity index (χ0v) is 14.0. The number of para-hydroxylation sites is 1. The molecule has 0 radical (unpaired) electrons. The average molecular weight is 327 g/mol. The van der Waals surface area contributed by atoms with Gasteiger partial charge in [-0.05, 0) is 38.5 Å². The van der Waals surface area contributed by atoms with Gasteiger partial charge in [0.25, 0.3) is 0 Å². The highest BCUT2D eigenvalue weighted by Gasteiger charge is 2.19. The number of fused-ring (bicyclic) bond motifs is 1. The molecule has 0 aliphatic heterocycles. The first-order valence-corrected chi connectivity index (χ1v) is 8.18. The lowest BCUT2D eigenvalue weighted by Gasteiger charge is -2.09. The van der Waals surface area contributed by atoms with E-state index in [0.717, 1.165) is 26.3 Å². The number of carbonyl (C=O) groups is 1. The second-order valence-corrected chi connectivity index (χ2v) is 6.27. The van der Waals surface area contributed by atoms with Crippen LogP contribution in [0.1, 0.15) is 28.0 Å². The molecule has 0 unspecified atom stereocenters. The predicted molar refractivity (Wildman–Crippen MR) is 92.6 cm³/mol. The number of benzene rings is 1. The first kappa shape index (κ1) is 15.4. The second-order valence-electron chi connectivity index (χ2n) is 5.07. The van der Waals surface area contributed by atoms with Crippen LogP contribution in [0.25, 0.3) is 10.2 Å². The number of carbonyl (C=O) groups excluding carboxylic acids is 1. The third kappa shape index (κ3) is 3.03. The maximum atomic E-state index is 12.0. The van der Waals surface area contributed by atoms with Crippen molar-refractivity contribution in [2.75, 3.05) is 11.9 Å². The lowest BCUT2D eigenvalue weighted by Crippen LogP contribution is -2.11. The van der Waals surface area contributed by atoms with Crippen molar-refractivity contribution in [2.45, 2.75) is 20.8 Å². The molecule has 2 heterocycles. The Balaban J connectivity index is 2.14. The van der Waals surface area contributed by atoms with Gasteiger partial charge in [-0.3, -0.25) is 0 Å². The van der Waals surface area contributed by atoms with E-state index in [-0.39, 0.29) is 5.82 Å². The molecule has 0 spiro atoms. The molecule has 6 heteroatoms. The lowest BCUT2D eigenvalue weighted by atomic mass is 10.2. The predicted octanol–water partition coefficient (Wildman–Crippen LogP) is 4.23. The Hall–Kier alpha value is -2.47. The zero-order chi connectivity index (χ0) is 16.4. The molecule has 0 bridgehead atoms. The molecule has 0 fully saturated rings. The molecule has 1 aromatic carbocycles. The van der Waals surface area contributed by atoms with Crippen LogP contribution in [0.2, 0.25) is 0 Å². The average Bonchev–Trinajstić information content (AvgIpc) is 2.83. The van der Waals surface area contributed by atoms with Gasteiger partial charge >= 0.3 is 5.97 Å². The topological polar surface area (TPSA) is 64.1 Å². The van der Waals surface area contributed by atoms with Gasteiger partial charge in [-0.15, -0.1) is 11.3 Å². The maximum absolute atomic E-state index is 12.0. The molecule has 2 aromatic heterocycles. The number of anilines is 2. The summed E-state index contributed by atoms with van der Waals surface area (Å²) in [6.07, 6.45) is 0. The van der Waals surface area contributed by atoms with Crippen LogP contribution in [0.15, 0.2) is 30.3 Å². The number of nitrogens with zero attached hydrogens (tertiary/aromatic N) is 2. The normalized spacial score (nSPS) is 10.7. The molecule has 118 valence electrons. The summed E-state index contributed by atoms with van der Waals surface area (Å²) in [5, 5.41) is 4.23. The number of esters is 1. The fourth-order valence-corrected chi connectivity index (χ4v) is 3.31. The van der Waals surface area contributed by atoms with E-state index in [2.05, 4.69) is 15.3 Å². The van der Waals surface area contributed by atoms with Crippen LogP contribution < -0.4 is 5.32 Å². The molecular formula is C17H17N3O2S. The highest BCUT2D eigenvalue weighted by molar-refractivity contribution is 7.18. The molecule has 5 nitrogen and oxygen atoms in total. The first-order valence-electron chi connectivity index (χ1n) is 7.37. The number of nitrogens with one attached hydrogen (secondary N) is 1. The van der Waals surface area contributed by atoms with Crippen molar-refractivity contribution in [3.63, 3.8) is 0 Å². The van der Waals surface area contributed by atoms with Crippen LogP contribution in [0, 0.1) is 13.8 Å². The van der Waals surface area contributed by atoms with E-state index in [1.807, 2.05) is 44.2 Å². The number of aryl methyl sites for hydroxylation is 2. The Morgan fingerprint density at radius 2 is 1.96 bits per heavy atom. The van der Waals surface area contributed by atoms with Gasteiger partial charge < -0.3 is 10.1 Å². The van der Waals surface area contributed by atoms with Gasteiger partial charge in [0.15, 0.2) is 0 Å². The largest absolute Gasteiger partial charge is 0.460 e. The molecule has 1 N–H and O–H groups in total. The number of hydrogen-bond acceptors (Lipinski definition) is 6. The summed E-state index contributed by atoms with van der Waals surface area (Å²) in [4.78, 5) is 22.7. The molecule has 0 aliphatic carbocycles. The van der Waals surface area contributed by atoms with E-state index in [0.29, 0.717) is 12.4 Å². The van der Waals surface area contributed by atoms with Crippen LogP contribution in [-0.4, -0.2) is 22.5 Å². The summed E-state index contributed by atoms with van der Waals surface area (Å²) < 4.78 is 5.03. The van der Waals surface area contributed by atoms with Gasteiger partial charge in [-0.25, -0.2) is 14.8 Å². The Morgan fingerprint density at radius 1 is 1.22 bits per heavy atom. The third-order valence-electron chi connectivity index (χ3n) is 3.52.